The lowest BCUT2D eigenvalue weighted by Crippen LogP contribution is -2.43. The molecule has 2 aliphatic rings. The van der Waals surface area contributed by atoms with Crippen molar-refractivity contribution in [2.24, 2.45) is 11.5 Å². The number of primary amides is 1. The fraction of sp³-hybridized carbons (Fsp3) is 0.435. The first-order valence-electron chi connectivity index (χ1n) is 10.1. The van der Waals surface area contributed by atoms with Crippen LogP contribution in [-0.4, -0.2) is 29.4 Å². The number of benzene rings is 2. The van der Waals surface area contributed by atoms with E-state index in [1.54, 1.807) is 6.07 Å². The summed E-state index contributed by atoms with van der Waals surface area (Å²) in [4.78, 5) is 14.2. The second kappa shape index (κ2) is 7.83. The van der Waals surface area contributed by atoms with Crippen LogP contribution in [0, 0.1) is 0 Å². The number of fused-ring (bicyclic) bond motifs is 2. The minimum atomic E-state index is -0.341. The molecule has 27 heavy (non-hydrogen) atoms. The van der Waals surface area contributed by atoms with Crippen LogP contribution >= 0.6 is 0 Å². The number of carbonyl (C=O) groups is 1. The van der Waals surface area contributed by atoms with Crippen molar-refractivity contribution in [2.45, 2.75) is 56.1 Å². The normalized spacial score (nSPS) is 26.0. The highest BCUT2D eigenvalue weighted by Gasteiger charge is 2.40. The van der Waals surface area contributed by atoms with E-state index in [0.29, 0.717) is 23.6 Å². The molecule has 2 aliphatic heterocycles. The first-order chi connectivity index (χ1) is 13.1. The predicted molar refractivity (Wildman–Crippen MR) is 108 cm³/mol. The van der Waals surface area contributed by atoms with Crippen molar-refractivity contribution in [1.82, 2.24) is 4.90 Å². The van der Waals surface area contributed by atoms with Crippen molar-refractivity contribution in [1.29, 1.82) is 0 Å². The summed E-state index contributed by atoms with van der Waals surface area (Å²) in [5.74, 6) is 0.188. The number of amides is 1. The third-order valence-electron chi connectivity index (χ3n) is 6.45. The Hall–Kier alpha value is -2.17. The Kier molecular flexibility index (Phi) is 5.28. The van der Waals surface area contributed by atoms with Crippen LogP contribution in [0.25, 0.3) is 0 Å². The zero-order valence-electron chi connectivity index (χ0n) is 15.8. The molecule has 2 fully saturated rings. The van der Waals surface area contributed by atoms with Crippen LogP contribution in [0.1, 0.15) is 65.5 Å². The largest absolute Gasteiger partial charge is 0.366 e. The fourth-order valence-corrected chi connectivity index (χ4v) is 5.01. The Morgan fingerprint density at radius 3 is 2.41 bits per heavy atom. The quantitative estimate of drug-likeness (QED) is 0.824. The molecule has 142 valence electrons. The first kappa shape index (κ1) is 18.2. The van der Waals surface area contributed by atoms with Gasteiger partial charge in [0.25, 0.3) is 0 Å². The summed E-state index contributed by atoms with van der Waals surface area (Å²) < 4.78 is 0. The van der Waals surface area contributed by atoms with Gasteiger partial charge in [0.1, 0.15) is 0 Å². The summed E-state index contributed by atoms with van der Waals surface area (Å²) in [6, 6.07) is 19.7. The molecule has 4 heteroatoms. The fourth-order valence-electron chi connectivity index (χ4n) is 5.01. The third kappa shape index (κ3) is 3.92. The average molecular weight is 364 g/mol. The van der Waals surface area contributed by atoms with Crippen molar-refractivity contribution >= 4 is 5.91 Å². The van der Waals surface area contributed by atoms with Gasteiger partial charge in [-0.05, 0) is 61.3 Å². The molecule has 1 amide bonds. The lowest BCUT2D eigenvalue weighted by Gasteiger charge is -2.39. The minimum absolute atomic E-state index is 0.107. The molecular formula is C23H29N3O. The van der Waals surface area contributed by atoms with Crippen LogP contribution in [0.3, 0.4) is 0 Å². The second-order valence-corrected chi connectivity index (χ2v) is 8.09. The number of nitrogens with zero attached hydrogens (tertiary/aromatic N) is 1. The van der Waals surface area contributed by atoms with E-state index in [-0.39, 0.29) is 11.9 Å². The van der Waals surface area contributed by atoms with Gasteiger partial charge in [-0.2, -0.15) is 0 Å². The molecule has 0 aromatic heterocycles. The molecule has 4 atom stereocenters. The van der Waals surface area contributed by atoms with E-state index in [1.165, 1.54) is 36.8 Å². The Labute approximate surface area is 161 Å². The summed E-state index contributed by atoms with van der Waals surface area (Å²) in [5.41, 5.74) is 15.0. The maximum Gasteiger partial charge on any atom is 0.248 e. The van der Waals surface area contributed by atoms with Crippen molar-refractivity contribution in [3.63, 3.8) is 0 Å². The van der Waals surface area contributed by atoms with Crippen LogP contribution in [-0.2, 0) is 0 Å². The minimum Gasteiger partial charge on any atom is -0.366 e. The van der Waals surface area contributed by atoms with Crippen molar-refractivity contribution in [3.8, 4) is 0 Å². The van der Waals surface area contributed by atoms with Crippen molar-refractivity contribution in [3.05, 3.63) is 71.3 Å². The SMILES string of the molecule is NC(=O)c1cccc(C2C[C@H]3CC[C@@H](C2)N3CCC(N)c2ccccc2)c1. The zero-order chi connectivity index (χ0) is 18.8. The molecule has 4 N–H and O–H groups in total. The molecule has 2 saturated heterocycles. The lowest BCUT2D eigenvalue weighted by atomic mass is 9.84. The smallest absolute Gasteiger partial charge is 0.248 e. The molecule has 4 nitrogen and oxygen atoms in total. The highest BCUT2D eigenvalue weighted by molar-refractivity contribution is 5.92. The number of piperidine rings is 1. The molecule has 0 saturated carbocycles. The van der Waals surface area contributed by atoms with E-state index in [2.05, 4.69) is 35.2 Å². The van der Waals surface area contributed by atoms with Crippen LogP contribution < -0.4 is 11.5 Å². The molecule has 2 unspecified atom stereocenters. The molecule has 2 aromatic rings. The third-order valence-corrected chi connectivity index (χ3v) is 6.45. The van der Waals surface area contributed by atoms with Crippen LogP contribution in [0.5, 0.6) is 0 Å². The second-order valence-electron chi connectivity index (χ2n) is 8.09. The molecule has 0 spiro atoms. The lowest BCUT2D eigenvalue weighted by molar-refractivity contribution is 0.1000. The summed E-state index contributed by atoms with van der Waals surface area (Å²) in [6.45, 7) is 1.07. The predicted octanol–water partition coefficient (Wildman–Crippen LogP) is 3.59. The average Bonchev–Trinajstić information content (AvgIpc) is 2.93. The monoisotopic (exact) mass is 363 g/mol. The van der Waals surface area contributed by atoms with Crippen molar-refractivity contribution in [2.75, 3.05) is 6.54 Å². The van der Waals surface area contributed by atoms with Crippen LogP contribution in [0.15, 0.2) is 54.6 Å². The molecule has 2 bridgehead atoms. The highest BCUT2D eigenvalue weighted by atomic mass is 16.1. The first-order valence-corrected chi connectivity index (χ1v) is 10.1. The van der Waals surface area contributed by atoms with E-state index >= 15 is 0 Å². The standard InChI is InChI=1S/C23H29N3O/c24-22(16-5-2-1-3-6-16)11-12-26-20-9-10-21(26)15-19(14-20)17-7-4-8-18(13-17)23(25)27/h1-8,13,19-22H,9-12,14-15,24H2,(H2,25,27)/t19?,20-,21+,22?. The van der Waals surface area contributed by atoms with Gasteiger partial charge in [0.2, 0.25) is 5.91 Å². The molecular weight excluding hydrogens is 334 g/mol. The molecule has 0 radical (unpaired) electrons. The topological polar surface area (TPSA) is 72.4 Å². The summed E-state index contributed by atoms with van der Waals surface area (Å²) in [6.07, 6.45) is 5.88. The maximum atomic E-state index is 11.5. The van der Waals surface area contributed by atoms with Gasteiger partial charge in [-0.25, -0.2) is 0 Å². The molecule has 0 aliphatic carbocycles. The Bertz CT molecular complexity index is 777. The summed E-state index contributed by atoms with van der Waals surface area (Å²) in [5, 5.41) is 0. The van der Waals surface area contributed by atoms with E-state index in [4.69, 9.17) is 11.5 Å². The van der Waals surface area contributed by atoms with Crippen LogP contribution in [0.4, 0.5) is 0 Å². The van der Waals surface area contributed by atoms with Gasteiger partial charge in [0.15, 0.2) is 0 Å². The van der Waals surface area contributed by atoms with Gasteiger partial charge >= 0.3 is 0 Å². The Morgan fingerprint density at radius 2 is 1.74 bits per heavy atom. The van der Waals surface area contributed by atoms with E-state index < -0.39 is 0 Å². The molecule has 2 aromatic carbocycles. The van der Waals surface area contributed by atoms with Gasteiger partial charge in [0.05, 0.1) is 0 Å². The summed E-state index contributed by atoms with van der Waals surface area (Å²) >= 11 is 0. The number of carbonyl (C=O) groups excluding carboxylic acids is 1. The van der Waals surface area contributed by atoms with Gasteiger partial charge in [0, 0.05) is 30.2 Å². The van der Waals surface area contributed by atoms with Gasteiger partial charge in [-0.3, -0.25) is 9.69 Å². The molecule has 4 rings (SSSR count). The Balaban J connectivity index is 1.39. The van der Waals surface area contributed by atoms with E-state index in [0.717, 1.165) is 13.0 Å². The number of nitrogens with two attached hydrogens (primary N) is 2. The van der Waals surface area contributed by atoms with E-state index in [9.17, 15) is 4.79 Å². The van der Waals surface area contributed by atoms with E-state index in [1.807, 2.05) is 18.2 Å². The molecule has 2 heterocycles. The number of hydrogen-bond acceptors (Lipinski definition) is 3. The van der Waals surface area contributed by atoms with Crippen molar-refractivity contribution < 1.29 is 4.79 Å². The highest BCUT2D eigenvalue weighted by Crippen LogP contribution is 2.43. The van der Waals surface area contributed by atoms with Gasteiger partial charge in [-0.1, -0.05) is 42.5 Å². The maximum absolute atomic E-state index is 11.5. The Morgan fingerprint density at radius 1 is 1.04 bits per heavy atom. The van der Waals surface area contributed by atoms with Gasteiger partial charge in [-0.15, -0.1) is 0 Å². The van der Waals surface area contributed by atoms with Gasteiger partial charge < -0.3 is 11.5 Å². The summed E-state index contributed by atoms with van der Waals surface area (Å²) in [7, 11) is 0. The van der Waals surface area contributed by atoms with Crippen LogP contribution in [0.2, 0.25) is 0 Å². The zero-order valence-corrected chi connectivity index (χ0v) is 15.8. The number of hydrogen-bond donors (Lipinski definition) is 2. The number of rotatable bonds is 6.